The van der Waals surface area contributed by atoms with Gasteiger partial charge in [-0.3, -0.25) is 4.98 Å². The van der Waals surface area contributed by atoms with E-state index >= 15 is 0 Å². The second kappa shape index (κ2) is 8.53. The lowest BCUT2D eigenvalue weighted by atomic mass is 10.3. The van der Waals surface area contributed by atoms with Gasteiger partial charge in [-0.25, -0.2) is 0 Å². The van der Waals surface area contributed by atoms with E-state index < -0.39 is 0 Å². The van der Waals surface area contributed by atoms with Gasteiger partial charge in [0.15, 0.2) is 0 Å². The van der Waals surface area contributed by atoms with Crippen LogP contribution in [0, 0.1) is 0 Å². The molecule has 0 aliphatic heterocycles. The topological polar surface area (TPSA) is 34.1 Å². The molecule has 1 rings (SSSR count). The lowest BCUT2D eigenvalue weighted by molar-refractivity contribution is 0.304. The van der Waals surface area contributed by atoms with Gasteiger partial charge >= 0.3 is 0 Å². The predicted molar refractivity (Wildman–Crippen MR) is 69.8 cm³/mol. The number of hydrogen-bond acceptors (Lipinski definition) is 3. The van der Waals surface area contributed by atoms with Crippen LogP contribution in [-0.4, -0.2) is 24.7 Å². The highest BCUT2D eigenvalue weighted by Crippen LogP contribution is 2.15. The van der Waals surface area contributed by atoms with Crippen LogP contribution >= 0.6 is 15.9 Å². The van der Waals surface area contributed by atoms with Crippen LogP contribution in [-0.2, 0) is 0 Å². The fourth-order valence-corrected chi connectivity index (χ4v) is 1.66. The van der Waals surface area contributed by atoms with Gasteiger partial charge in [0.05, 0.1) is 12.8 Å². The molecule has 0 spiro atoms. The molecule has 0 unspecified atom stereocenters. The van der Waals surface area contributed by atoms with Crippen LogP contribution in [0.4, 0.5) is 0 Å². The van der Waals surface area contributed by atoms with Crippen LogP contribution in [0.2, 0.25) is 0 Å². The molecular weight excluding hydrogens is 268 g/mol. The van der Waals surface area contributed by atoms with Crippen molar-refractivity contribution in [1.29, 1.82) is 0 Å². The minimum atomic E-state index is 0.756. The Hall–Kier alpha value is -0.610. The van der Waals surface area contributed by atoms with Gasteiger partial charge in [0, 0.05) is 10.7 Å². The van der Waals surface area contributed by atoms with E-state index in [0.717, 1.165) is 42.8 Å². The summed E-state index contributed by atoms with van der Waals surface area (Å²) in [6, 6.07) is 1.93. The first-order chi connectivity index (χ1) is 7.83. The monoisotopic (exact) mass is 286 g/mol. The van der Waals surface area contributed by atoms with Crippen LogP contribution in [0.3, 0.4) is 0 Å². The van der Waals surface area contributed by atoms with Gasteiger partial charge in [-0.05, 0) is 54.3 Å². The molecule has 0 aromatic carbocycles. The normalized spacial score (nSPS) is 10.4. The van der Waals surface area contributed by atoms with Gasteiger partial charge in [-0.2, -0.15) is 0 Å². The SMILES string of the molecule is CCCNCCCCOc1cncc(Br)c1. The molecule has 0 saturated heterocycles. The minimum Gasteiger partial charge on any atom is -0.492 e. The molecule has 0 aliphatic rings. The maximum absolute atomic E-state index is 5.57. The second-order valence-corrected chi connectivity index (χ2v) is 4.56. The van der Waals surface area contributed by atoms with Gasteiger partial charge < -0.3 is 10.1 Å². The van der Waals surface area contributed by atoms with E-state index in [0.29, 0.717) is 0 Å². The summed E-state index contributed by atoms with van der Waals surface area (Å²) < 4.78 is 6.53. The van der Waals surface area contributed by atoms with Crippen molar-refractivity contribution in [2.75, 3.05) is 19.7 Å². The lowest BCUT2D eigenvalue weighted by Gasteiger charge is -2.06. The quantitative estimate of drug-likeness (QED) is 0.746. The molecule has 1 aromatic rings. The summed E-state index contributed by atoms with van der Waals surface area (Å²) in [6.07, 6.45) is 6.91. The van der Waals surface area contributed by atoms with Crippen molar-refractivity contribution in [2.24, 2.45) is 0 Å². The van der Waals surface area contributed by atoms with Gasteiger partial charge in [-0.1, -0.05) is 6.92 Å². The highest BCUT2D eigenvalue weighted by molar-refractivity contribution is 9.10. The van der Waals surface area contributed by atoms with E-state index in [-0.39, 0.29) is 0 Å². The number of hydrogen-bond donors (Lipinski definition) is 1. The summed E-state index contributed by atoms with van der Waals surface area (Å²) in [6.45, 7) is 5.12. The van der Waals surface area contributed by atoms with Crippen LogP contribution in [0.5, 0.6) is 5.75 Å². The number of nitrogens with zero attached hydrogens (tertiary/aromatic N) is 1. The van der Waals surface area contributed by atoms with Crippen molar-refractivity contribution >= 4 is 15.9 Å². The second-order valence-electron chi connectivity index (χ2n) is 3.64. The van der Waals surface area contributed by atoms with Crippen molar-refractivity contribution in [3.8, 4) is 5.75 Å². The van der Waals surface area contributed by atoms with Crippen LogP contribution in [0.25, 0.3) is 0 Å². The molecule has 0 fully saturated rings. The predicted octanol–water partition coefficient (Wildman–Crippen LogP) is 3.00. The molecule has 16 heavy (non-hydrogen) atoms. The van der Waals surface area contributed by atoms with E-state index in [1.165, 1.54) is 6.42 Å². The standard InChI is InChI=1S/C12H19BrN2O/c1-2-5-14-6-3-4-7-16-12-8-11(13)9-15-10-12/h8-10,14H,2-7H2,1H3. The first kappa shape index (κ1) is 13.5. The van der Waals surface area contributed by atoms with E-state index in [9.17, 15) is 0 Å². The minimum absolute atomic E-state index is 0.756. The molecule has 1 heterocycles. The molecule has 0 amide bonds. The first-order valence-corrected chi connectivity index (χ1v) is 6.56. The smallest absolute Gasteiger partial charge is 0.138 e. The van der Waals surface area contributed by atoms with Crippen molar-refractivity contribution in [3.05, 3.63) is 22.9 Å². The summed E-state index contributed by atoms with van der Waals surface area (Å²) in [5, 5.41) is 3.37. The Labute approximate surface area is 106 Å². The molecule has 1 aromatic heterocycles. The Morgan fingerprint density at radius 1 is 1.31 bits per heavy atom. The Balaban J connectivity index is 2.03. The zero-order chi connectivity index (χ0) is 11.6. The summed E-state index contributed by atoms with van der Waals surface area (Å²) in [4.78, 5) is 4.04. The molecule has 4 heteroatoms. The fourth-order valence-electron chi connectivity index (χ4n) is 1.32. The summed E-state index contributed by atoms with van der Waals surface area (Å²) in [7, 11) is 0. The Morgan fingerprint density at radius 2 is 2.19 bits per heavy atom. The molecule has 0 atom stereocenters. The van der Waals surface area contributed by atoms with E-state index in [1.807, 2.05) is 6.07 Å². The largest absolute Gasteiger partial charge is 0.492 e. The highest BCUT2D eigenvalue weighted by atomic mass is 79.9. The highest BCUT2D eigenvalue weighted by Gasteiger charge is 1.95. The number of ether oxygens (including phenoxy) is 1. The van der Waals surface area contributed by atoms with Gasteiger partial charge in [-0.15, -0.1) is 0 Å². The molecule has 0 aliphatic carbocycles. The number of pyridine rings is 1. The third-order valence-corrected chi connectivity index (χ3v) is 2.56. The summed E-state index contributed by atoms with van der Waals surface area (Å²) >= 11 is 3.36. The summed E-state index contributed by atoms with van der Waals surface area (Å²) in [5.74, 6) is 0.830. The van der Waals surface area contributed by atoms with E-state index in [4.69, 9.17) is 4.74 Å². The van der Waals surface area contributed by atoms with Crippen molar-refractivity contribution in [1.82, 2.24) is 10.3 Å². The van der Waals surface area contributed by atoms with Crippen LogP contribution < -0.4 is 10.1 Å². The molecule has 3 nitrogen and oxygen atoms in total. The zero-order valence-corrected chi connectivity index (χ0v) is 11.3. The number of aromatic nitrogens is 1. The Kier molecular flexibility index (Phi) is 7.17. The molecule has 90 valence electrons. The first-order valence-electron chi connectivity index (χ1n) is 5.77. The van der Waals surface area contributed by atoms with Crippen molar-refractivity contribution in [2.45, 2.75) is 26.2 Å². The average Bonchev–Trinajstić information content (AvgIpc) is 2.28. The van der Waals surface area contributed by atoms with Crippen molar-refractivity contribution < 1.29 is 4.74 Å². The lowest BCUT2D eigenvalue weighted by Crippen LogP contribution is -2.16. The molecule has 0 radical (unpaired) electrons. The summed E-state index contributed by atoms with van der Waals surface area (Å²) in [5.41, 5.74) is 0. The number of halogens is 1. The number of rotatable bonds is 8. The molecular formula is C12H19BrN2O. The van der Waals surface area contributed by atoms with Crippen LogP contribution in [0.15, 0.2) is 22.9 Å². The van der Waals surface area contributed by atoms with Gasteiger partial charge in [0.1, 0.15) is 5.75 Å². The zero-order valence-electron chi connectivity index (χ0n) is 9.71. The van der Waals surface area contributed by atoms with Crippen LogP contribution in [0.1, 0.15) is 26.2 Å². The maximum Gasteiger partial charge on any atom is 0.138 e. The molecule has 1 N–H and O–H groups in total. The third-order valence-electron chi connectivity index (χ3n) is 2.12. The number of nitrogens with one attached hydrogen (secondary N) is 1. The van der Waals surface area contributed by atoms with Crippen molar-refractivity contribution in [3.63, 3.8) is 0 Å². The van der Waals surface area contributed by atoms with E-state index in [2.05, 4.69) is 33.2 Å². The van der Waals surface area contributed by atoms with E-state index in [1.54, 1.807) is 12.4 Å². The third kappa shape index (κ3) is 6.08. The number of unbranched alkanes of at least 4 members (excludes halogenated alkanes) is 1. The molecule has 0 bridgehead atoms. The van der Waals surface area contributed by atoms with Gasteiger partial charge in [0.25, 0.3) is 0 Å². The fraction of sp³-hybridized carbons (Fsp3) is 0.583. The Bertz CT molecular complexity index is 294. The van der Waals surface area contributed by atoms with Gasteiger partial charge in [0.2, 0.25) is 0 Å². The average molecular weight is 287 g/mol. The Morgan fingerprint density at radius 3 is 2.94 bits per heavy atom. The molecule has 0 saturated carbocycles. The maximum atomic E-state index is 5.57.